The number of carbonyl (C=O) groups excluding carboxylic acids is 1. The van der Waals surface area contributed by atoms with Gasteiger partial charge in [0, 0.05) is 18.2 Å². The molecule has 0 N–H and O–H groups in total. The van der Waals surface area contributed by atoms with Gasteiger partial charge in [-0.15, -0.1) is 0 Å². The van der Waals surface area contributed by atoms with Gasteiger partial charge in [-0.3, -0.25) is 4.79 Å². The van der Waals surface area contributed by atoms with Gasteiger partial charge in [0.2, 0.25) is 5.89 Å². The molecular formula is C16H15FN4O2. The molecule has 0 amide bonds. The van der Waals surface area contributed by atoms with Gasteiger partial charge in [-0.05, 0) is 17.1 Å². The molecule has 118 valence electrons. The molecule has 0 atom stereocenters. The van der Waals surface area contributed by atoms with Crippen molar-refractivity contribution in [2.45, 2.75) is 38.5 Å². The number of aromatic nitrogens is 4. The van der Waals surface area contributed by atoms with E-state index in [1.54, 1.807) is 6.07 Å². The molecule has 0 aliphatic heterocycles. The van der Waals surface area contributed by atoms with E-state index in [4.69, 9.17) is 4.52 Å². The highest BCUT2D eigenvalue weighted by Gasteiger charge is 2.33. The number of hydrogen-bond donors (Lipinski definition) is 0. The fourth-order valence-electron chi connectivity index (χ4n) is 2.86. The number of benzene rings is 1. The summed E-state index contributed by atoms with van der Waals surface area (Å²) in [5.41, 5.74) is 1.12. The van der Waals surface area contributed by atoms with Crippen molar-refractivity contribution in [3.63, 3.8) is 0 Å². The summed E-state index contributed by atoms with van der Waals surface area (Å²) in [6.07, 6.45) is 0.847. The van der Waals surface area contributed by atoms with Gasteiger partial charge in [-0.2, -0.15) is 14.8 Å². The molecule has 2 heterocycles. The lowest BCUT2D eigenvalue weighted by Gasteiger charge is -2.19. The van der Waals surface area contributed by atoms with Crippen molar-refractivity contribution in [2.24, 2.45) is 0 Å². The molecule has 1 aromatic carbocycles. The van der Waals surface area contributed by atoms with E-state index < -0.39 is 0 Å². The molecule has 0 radical (unpaired) electrons. The van der Waals surface area contributed by atoms with Crippen LogP contribution in [0.15, 0.2) is 22.7 Å². The predicted octanol–water partition coefficient (Wildman–Crippen LogP) is 3.12. The average Bonchev–Trinajstić information content (AvgIpc) is 3.08. The second kappa shape index (κ2) is 4.97. The first kappa shape index (κ1) is 14.0. The van der Waals surface area contributed by atoms with Gasteiger partial charge in [0.15, 0.2) is 0 Å². The Hall–Kier alpha value is -2.57. The number of nitrogens with zero attached hydrogens (tertiary/aromatic N) is 4. The zero-order valence-corrected chi connectivity index (χ0v) is 12.8. The van der Waals surface area contributed by atoms with E-state index in [9.17, 15) is 9.18 Å². The summed E-state index contributed by atoms with van der Waals surface area (Å²) in [5.74, 6) is 0.516. The Bertz CT molecular complexity index is 904. The van der Waals surface area contributed by atoms with E-state index >= 15 is 0 Å². The molecule has 1 fully saturated rings. The fourth-order valence-corrected chi connectivity index (χ4v) is 2.86. The van der Waals surface area contributed by atoms with Crippen LogP contribution in [-0.2, 0) is 4.79 Å². The smallest absolute Gasteiger partial charge is 0.291 e. The van der Waals surface area contributed by atoms with Crippen molar-refractivity contribution in [3.05, 3.63) is 35.6 Å². The highest BCUT2D eigenvalue weighted by Crippen LogP contribution is 2.33. The molecule has 1 saturated carbocycles. The Morgan fingerprint density at radius 1 is 1.35 bits per heavy atom. The Morgan fingerprint density at radius 3 is 2.83 bits per heavy atom. The SMILES string of the molecule is CC(C)c1nn(-c2noc(C3CC(=O)C3)n2)c2c(F)cccc12. The molecule has 3 aromatic rings. The van der Waals surface area contributed by atoms with Crippen LogP contribution in [0.1, 0.15) is 50.1 Å². The van der Waals surface area contributed by atoms with Crippen molar-refractivity contribution in [1.82, 2.24) is 19.9 Å². The zero-order chi connectivity index (χ0) is 16.1. The number of para-hydroxylation sites is 1. The molecule has 7 heteroatoms. The summed E-state index contributed by atoms with van der Waals surface area (Å²) in [4.78, 5) is 15.4. The van der Waals surface area contributed by atoms with Crippen molar-refractivity contribution in [3.8, 4) is 5.95 Å². The summed E-state index contributed by atoms with van der Waals surface area (Å²) in [6, 6.07) is 4.89. The number of fused-ring (bicyclic) bond motifs is 1. The first-order valence-electron chi connectivity index (χ1n) is 7.57. The van der Waals surface area contributed by atoms with Crippen LogP contribution < -0.4 is 0 Å². The summed E-state index contributed by atoms with van der Waals surface area (Å²) >= 11 is 0. The lowest BCUT2D eigenvalue weighted by molar-refractivity contribution is -0.125. The monoisotopic (exact) mass is 314 g/mol. The molecule has 1 aliphatic carbocycles. The minimum absolute atomic E-state index is 0.0278. The molecule has 6 nitrogen and oxygen atoms in total. The Morgan fingerprint density at radius 2 is 2.13 bits per heavy atom. The number of carbonyl (C=O) groups is 1. The first-order valence-corrected chi connectivity index (χ1v) is 7.57. The quantitative estimate of drug-likeness (QED) is 0.742. The number of halogens is 1. The lowest BCUT2D eigenvalue weighted by atomic mass is 9.84. The molecule has 0 unspecified atom stereocenters. The van der Waals surface area contributed by atoms with Crippen LogP contribution in [0.5, 0.6) is 0 Å². The maximum Gasteiger partial charge on any atom is 0.291 e. The highest BCUT2D eigenvalue weighted by atomic mass is 19.1. The minimum atomic E-state index is -0.382. The average molecular weight is 314 g/mol. The molecule has 23 heavy (non-hydrogen) atoms. The third-order valence-corrected chi connectivity index (χ3v) is 4.15. The summed E-state index contributed by atoms with van der Waals surface area (Å²) in [6.45, 7) is 4.00. The normalized spacial score (nSPS) is 15.6. The van der Waals surface area contributed by atoms with Crippen LogP contribution in [0.2, 0.25) is 0 Å². The van der Waals surface area contributed by atoms with E-state index in [0.29, 0.717) is 24.2 Å². The van der Waals surface area contributed by atoms with Gasteiger partial charge in [0.1, 0.15) is 17.1 Å². The molecule has 4 rings (SSSR count). The highest BCUT2D eigenvalue weighted by molar-refractivity contribution is 5.86. The van der Waals surface area contributed by atoms with E-state index in [1.165, 1.54) is 10.7 Å². The first-order chi connectivity index (χ1) is 11.0. The predicted molar refractivity (Wildman–Crippen MR) is 80.0 cm³/mol. The molecule has 0 bridgehead atoms. The van der Waals surface area contributed by atoms with E-state index in [-0.39, 0.29) is 29.4 Å². The Balaban J connectivity index is 1.84. The number of Topliss-reactive ketones (excluding diaryl/α,β-unsaturated/α-hetero) is 1. The maximum absolute atomic E-state index is 14.3. The van der Waals surface area contributed by atoms with Gasteiger partial charge >= 0.3 is 0 Å². The van der Waals surface area contributed by atoms with E-state index in [0.717, 1.165) is 11.1 Å². The third-order valence-electron chi connectivity index (χ3n) is 4.15. The van der Waals surface area contributed by atoms with Crippen LogP contribution in [0.4, 0.5) is 4.39 Å². The van der Waals surface area contributed by atoms with Gasteiger partial charge < -0.3 is 4.52 Å². The standard InChI is InChI=1S/C16H15FN4O2/c1-8(2)13-11-4-3-5-12(17)14(11)21(19-13)16-18-15(23-20-16)9-6-10(22)7-9/h3-5,8-9H,6-7H2,1-2H3. The summed E-state index contributed by atoms with van der Waals surface area (Å²) in [7, 11) is 0. The lowest BCUT2D eigenvalue weighted by Crippen LogP contribution is -2.21. The van der Waals surface area contributed by atoms with Crippen LogP contribution in [-0.4, -0.2) is 25.7 Å². The summed E-state index contributed by atoms with van der Waals surface area (Å²) < 4.78 is 20.9. The van der Waals surface area contributed by atoms with Gasteiger partial charge in [-0.1, -0.05) is 26.0 Å². The Labute approximate surface area is 131 Å². The molecule has 1 aliphatic rings. The van der Waals surface area contributed by atoms with Gasteiger partial charge in [0.25, 0.3) is 5.95 Å². The number of ketones is 1. The van der Waals surface area contributed by atoms with Crippen LogP contribution in [0.25, 0.3) is 16.9 Å². The third kappa shape index (κ3) is 2.15. The minimum Gasteiger partial charge on any atom is -0.337 e. The maximum atomic E-state index is 14.3. The largest absolute Gasteiger partial charge is 0.337 e. The van der Waals surface area contributed by atoms with Crippen molar-refractivity contribution < 1.29 is 13.7 Å². The molecule has 2 aromatic heterocycles. The fraction of sp³-hybridized carbons (Fsp3) is 0.375. The second-order valence-electron chi connectivity index (χ2n) is 6.16. The Kier molecular flexibility index (Phi) is 3.04. The molecular weight excluding hydrogens is 299 g/mol. The van der Waals surface area contributed by atoms with Crippen LogP contribution >= 0.6 is 0 Å². The van der Waals surface area contributed by atoms with Crippen molar-refractivity contribution in [1.29, 1.82) is 0 Å². The number of hydrogen-bond acceptors (Lipinski definition) is 5. The van der Waals surface area contributed by atoms with Crippen molar-refractivity contribution in [2.75, 3.05) is 0 Å². The summed E-state index contributed by atoms with van der Waals surface area (Å²) in [5, 5.41) is 9.13. The second-order valence-corrected chi connectivity index (χ2v) is 6.16. The van der Waals surface area contributed by atoms with E-state index in [1.807, 2.05) is 19.9 Å². The number of rotatable bonds is 3. The zero-order valence-electron chi connectivity index (χ0n) is 12.8. The van der Waals surface area contributed by atoms with Gasteiger partial charge in [-0.25, -0.2) is 4.39 Å². The van der Waals surface area contributed by atoms with Crippen LogP contribution in [0.3, 0.4) is 0 Å². The molecule has 0 saturated heterocycles. The topological polar surface area (TPSA) is 73.8 Å². The van der Waals surface area contributed by atoms with Gasteiger partial charge in [0.05, 0.1) is 11.6 Å². The van der Waals surface area contributed by atoms with Crippen molar-refractivity contribution >= 4 is 16.7 Å². The van der Waals surface area contributed by atoms with E-state index in [2.05, 4.69) is 15.2 Å². The molecule has 0 spiro atoms. The van der Waals surface area contributed by atoms with Crippen LogP contribution in [0, 0.1) is 5.82 Å².